The maximum atomic E-state index is 12.3. The number of aliphatic carboxylic acids is 1. The van der Waals surface area contributed by atoms with E-state index in [1.807, 2.05) is 6.92 Å². The minimum absolute atomic E-state index is 0.0461. The summed E-state index contributed by atoms with van der Waals surface area (Å²) < 4.78 is 5.42. The number of fused-ring (bicyclic) bond motifs is 2. The summed E-state index contributed by atoms with van der Waals surface area (Å²) in [6.07, 6.45) is 3.02. The van der Waals surface area contributed by atoms with Crippen molar-refractivity contribution in [3.63, 3.8) is 0 Å². The first-order chi connectivity index (χ1) is 9.56. The Kier molecular flexibility index (Phi) is 3.58. The van der Waals surface area contributed by atoms with E-state index in [-0.39, 0.29) is 24.1 Å². The lowest BCUT2D eigenvalue weighted by Crippen LogP contribution is -2.54. The Hall–Kier alpha value is -1.30. The van der Waals surface area contributed by atoms with Gasteiger partial charge in [-0.25, -0.2) is 4.79 Å². The molecular weight excluding hydrogens is 260 g/mol. The topological polar surface area (TPSA) is 78.9 Å². The van der Waals surface area contributed by atoms with Crippen LogP contribution < -0.4 is 5.32 Å². The van der Waals surface area contributed by atoms with Crippen molar-refractivity contribution >= 4 is 12.0 Å². The van der Waals surface area contributed by atoms with Crippen molar-refractivity contribution in [1.82, 2.24) is 10.2 Å². The maximum Gasteiger partial charge on any atom is 0.317 e. The van der Waals surface area contributed by atoms with E-state index in [0.717, 1.165) is 19.3 Å². The van der Waals surface area contributed by atoms with Crippen molar-refractivity contribution in [2.45, 2.75) is 38.3 Å². The molecular formula is C14H22N2O4. The highest BCUT2D eigenvalue weighted by atomic mass is 16.5. The molecule has 2 saturated carbocycles. The number of rotatable bonds is 2. The molecule has 6 heteroatoms. The third-order valence-electron chi connectivity index (χ3n) is 5.02. The zero-order valence-electron chi connectivity index (χ0n) is 11.7. The lowest BCUT2D eigenvalue weighted by Gasteiger charge is -2.35. The zero-order chi connectivity index (χ0) is 14.3. The van der Waals surface area contributed by atoms with Crippen LogP contribution in [0.25, 0.3) is 0 Å². The molecule has 0 radical (unpaired) electrons. The molecule has 3 fully saturated rings. The van der Waals surface area contributed by atoms with Crippen molar-refractivity contribution in [1.29, 1.82) is 0 Å². The summed E-state index contributed by atoms with van der Waals surface area (Å²) in [4.78, 5) is 25.5. The van der Waals surface area contributed by atoms with Gasteiger partial charge in [0.1, 0.15) is 0 Å². The van der Waals surface area contributed by atoms with Crippen LogP contribution in [0.15, 0.2) is 0 Å². The fourth-order valence-corrected chi connectivity index (χ4v) is 4.09. The van der Waals surface area contributed by atoms with Gasteiger partial charge in [-0.2, -0.15) is 0 Å². The van der Waals surface area contributed by atoms with E-state index in [2.05, 4.69) is 5.32 Å². The van der Waals surface area contributed by atoms with E-state index in [4.69, 9.17) is 4.74 Å². The van der Waals surface area contributed by atoms with Crippen molar-refractivity contribution in [3.8, 4) is 0 Å². The maximum absolute atomic E-state index is 12.3. The molecule has 1 saturated heterocycles. The van der Waals surface area contributed by atoms with Crippen molar-refractivity contribution in [2.75, 3.05) is 19.7 Å². The van der Waals surface area contributed by atoms with E-state index in [1.165, 1.54) is 0 Å². The van der Waals surface area contributed by atoms with E-state index in [9.17, 15) is 14.7 Å². The quantitative estimate of drug-likeness (QED) is 0.789. The molecule has 2 aliphatic carbocycles. The normalized spacial score (nSPS) is 39.9. The van der Waals surface area contributed by atoms with Gasteiger partial charge in [0.05, 0.1) is 18.6 Å². The molecule has 5 unspecified atom stereocenters. The number of amides is 2. The second-order valence-electron chi connectivity index (χ2n) is 6.30. The highest BCUT2D eigenvalue weighted by Crippen LogP contribution is 2.48. The number of carbonyl (C=O) groups is 2. The summed E-state index contributed by atoms with van der Waals surface area (Å²) in [5, 5.41) is 12.4. The molecule has 2 amide bonds. The van der Waals surface area contributed by atoms with E-state index >= 15 is 0 Å². The molecule has 2 bridgehead atoms. The predicted octanol–water partition coefficient (Wildman–Crippen LogP) is 0.916. The Morgan fingerprint density at radius 1 is 1.30 bits per heavy atom. The minimum Gasteiger partial charge on any atom is -0.481 e. The number of ether oxygens (including phenoxy) is 1. The smallest absolute Gasteiger partial charge is 0.317 e. The van der Waals surface area contributed by atoms with Crippen LogP contribution >= 0.6 is 0 Å². The third kappa shape index (κ3) is 2.37. The van der Waals surface area contributed by atoms with Gasteiger partial charge in [-0.1, -0.05) is 0 Å². The van der Waals surface area contributed by atoms with Gasteiger partial charge in [0, 0.05) is 19.1 Å². The first-order valence-electron chi connectivity index (χ1n) is 7.46. The van der Waals surface area contributed by atoms with Gasteiger partial charge >= 0.3 is 12.0 Å². The number of morpholine rings is 1. The molecule has 0 aromatic carbocycles. The average molecular weight is 282 g/mol. The second-order valence-corrected chi connectivity index (χ2v) is 6.30. The first kappa shape index (κ1) is 13.7. The molecule has 20 heavy (non-hydrogen) atoms. The summed E-state index contributed by atoms with van der Waals surface area (Å²) in [5.74, 6) is -0.594. The number of urea groups is 1. The number of carboxylic acid groups (broad SMARTS) is 1. The summed E-state index contributed by atoms with van der Waals surface area (Å²) in [6.45, 7) is 3.64. The molecule has 2 N–H and O–H groups in total. The Morgan fingerprint density at radius 3 is 2.75 bits per heavy atom. The summed E-state index contributed by atoms with van der Waals surface area (Å²) in [5.41, 5.74) is 0. The van der Waals surface area contributed by atoms with Crippen LogP contribution in [-0.4, -0.2) is 53.8 Å². The number of nitrogens with one attached hydrogen (secondary N) is 1. The fraction of sp³-hybridized carbons (Fsp3) is 0.857. The second kappa shape index (κ2) is 5.24. The summed E-state index contributed by atoms with van der Waals surface area (Å²) in [7, 11) is 0. The molecule has 5 atom stereocenters. The Balaban J connectivity index is 1.64. The lowest BCUT2D eigenvalue weighted by molar-refractivity contribution is -0.144. The largest absolute Gasteiger partial charge is 0.481 e. The number of hydrogen-bond acceptors (Lipinski definition) is 3. The lowest BCUT2D eigenvalue weighted by atomic mass is 9.84. The molecule has 3 aliphatic rings. The monoisotopic (exact) mass is 282 g/mol. The molecule has 0 spiro atoms. The van der Waals surface area contributed by atoms with Crippen LogP contribution in [0.4, 0.5) is 4.79 Å². The number of carbonyl (C=O) groups excluding carboxylic acids is 1. The fourth-order valence-electron chi connectivity index (χ4n) is 4.09. The summed E-state index contributed by atoms with van der Waals surface area (Å²) in [6, 6.07) is -0.333. The average Bonchev–Trinajstić information content (AvgIpc) is 2.99. The Labute approximate surface area is 118 Å². The van der Waals surface area contributed by atoms with Crippen LogP contribution in [0.2, 0.25) is 0 Å². The van der Waals surface area contributed by atoms with E-state index in [0.29, 0.717) is 25.6 Å². The SMILES string of the molecule is CC1CN(C(=O)NC2C3CCC(C3)C2C(=O)O)CCO1. The van der Waals surface area contributed by atoms with Gasteiger partial charge in [-0.15, -0.1) is 0 Å². The molecule has 0 aromatic heterocycles. The van der Waals surface area contributed by atoms with Crippen LogP contribution in [-0.2, 0) is 9.53 Å². The van der Waals surface area contributed by atoms with Crippen LogP contribution in [0, 0.1) is 17.8 Å². The van der Waals surface area contributed by atoms with Gasteiger partial charge < -0.3 is 20.1 Å². The van der Waals surface area contributed by atoms with Gasteiger partial charge in [-0.05, 0) is 38.0 Å². The van der Waals surface area contributed by atoms with Crippen LogP contribution in [0.1, 0.15) is 26.2 Å². The van der Waals surface area contributed by atoms with Crippen molar-refractivity contribution in [3.05, 3.63) is 0 Å². The Morgan fingerprint density at radius 2 is 2.05 bits per heavy atom. The van der Waals surface area contributed by atoms with Crippen LogP contribution in [0.5, 0.6) is 0 Å². The summed E-state index contributed by atoms with van der Waals surface area (Å²) >= 11 is 0. The molecule has 1 aliphatic heterocycles. The Bertz CT molecular complexity index is 414. The third-order valence-corrected chi connectivity index (χ3v) is 5.02. The highest BCUT2D eigenvalue weighted by molar-refractivity contribution is 5.77. The first-order valence-corrected chi connectivity index (χ1v) is 7.46. The predicted molar refractivity (Wildman–Crippen MR) is 71.3 cm³/mol. The molecule has 6 nitrogen and oxygen atoms in total. The van der Waals surface area contributed by atoms with E-state index < -0.39 is 11.9 Å². The van der Waals surface area contributed by atoms with E-state index in [1.54, 1.807) is 4.90 Å². The highest BCUT2D eigenvalue weighted by Gasteiger charge is 2.51. The van der Waals surface area contributed by atoms with Gasteiger partial charge in [0.2, 0.25) is 0 Å². The van der Waals surface area contributed by atoms with Gasteiger partial charge in [0.15, 0.2) is 0 Å². The standard InChI is InChI=1S/C14H22N2O4/c1-8-7-16(4-5-20-8)14(19)15-12-10-3-2-9(6-10)11(12)13(17)18/h8-12H,2-7H2,1H3,(H,15,19)(H,17,18). The molecule has 1 heterocycles. The van der Waals surface area contributed by atoms with Crippen LogP contribution in [0.3, 0.4) is 0 Å². The van der Waals surface area contributed by atoms with Gasteiger partial charge in [-0.3, -0.25) is 4.79 Å². The van der Waals surface area contributed by atoms with Crippen molar-refractivity contribution < 1.29 is 19.4 Å². The van der Waals surface area contributed by atoms with Crippen molar-refractivity contribution in [2.24, 2.45) is 17.8 Å². The number of nitrogens with zero attached hydrogens (tertiary/aromatic N) is 1. The zero-order valence-corrected chi connectivity index (χ0v) is 11.7. The minimum atomic E-state index is -0.766. The van der Waals surface area contributed by atoms with Gasteiger partial charge in [0.25, 0.3) is 0 Å². The number of hydrogen-bond donors (Lipinski definition) is 2. The molecule has 112 valence electrons. The molecule has 3 rings (SSSR count). The number of carboxylic acids is 1. The molecule has 0 aromatic rings.